The number of benzene rings is 1. The van der Waals surface area contributed by atoms with Crippen molar-refractivity contribution in [2.75, 3.05) is 7.11 Å². The first kappa shape index (κ1) is 15.7. The largest absolute Gasteiger partial charge is 0.497 e. The van der Waals surface area contributed by atoms with Crippen LogP contribution in [0.2, 0.25) is 0 Å². The van der Waals surface area contributed by atoms with Gasteiger partial charge in [0.15, 0.2) is 0 Å². The van der Waals surface area contributed by atoms with E-state index in [0.29, 0.717) is 10.7 Å². The van der Waals surface area contributed by atoms with Gasteiger partial charge in [-0.3, -0.25) is 14.5 Å². The summed E-state index contributed by atoms with van der Waals surface area (Å²) in [5.41, 5.74) is 0.802. The predicted octanol–water partition coefficient (Wildman–Crippen LogP) is 1.74. The van der Waals surface area contributed by atoms with Crippen LogP contribution in [0.4, 0.5) is 0 Å². The number of carbonyl (C=O) groups is 3. The number of hydrogen-bond donors (Lipinski definition) is 0. The molecule has 0 saturated carbocycles. The number of thiocarbonyl (C=S) groups is 1. The van der Waals surface area contributed by atoms with Gasteiger partial charge >= 0.3 is 11.9 Å². The van der Waals surface area contributed by atoms with Gasteiger partial charge in [-0.2, -0.15) is 0 Å². The van der Waals surface area contributed by atoms with Crippen LogP contribution in [0.15, 0.2) is 29.2 Å². The fraction of sp³-hybridized carbons (Fsp3) is 0.200. The van der Waals surface area contributed by atoms with E-state index in [2.05, 4.69) is 4.74 Å². The molecule has 2 aliphatic rings. The van der Waals surface area contributed by atoms with Gasteiger partial charge in [0.2, 0.25) is 0 Å². The highest BCUT2D eigenvalue weighted by atomic mass is 32.2. The fourth-order valence-corrected chi connectivity index (χ4v) is 3.62. The molecule has 2 fully saturated rings. The maximum absolute atomic E-state index is 12.5. The number of methoxy groups -OCH3 is 1. The van der Waals surface area contributed by atoms with Crippen LogP contribution in [-0.4, -0.2) is 40.2 Å². The first-order valence-electron chi connectivity index (χ1n) is 6.65. The van der Waals surface area contributed by atoms with Crippen molar-refractivity contribution < 1.29 is 23.9 Å². The lowest BCUT2D eigenvalue weighted by molar-refractivity contribution is -0.153. The number of nitrogens with zero attached hydrogens (tertiary/aromatic N) is 1. The van der Waals surface area contributed by atoms with Gasteiger partial charge in [-0.25, -0.2) is 4.79 Å². The van der Waals surface area contributed by atoms with Crippen molar-refractivity contribution in [3.63, 3.8) is 0 Å². The fourth-order valence-electron chi connectivity index (χ4n) is 2.26. The molecule has 2 saturated heterocycles. The quantitative estimate of drug-likeness (QED) is 0.356. The summed E-state index contributed by atoms with van der Waals surface area (Å²) in [6.07, 6.45) is 1.52. The number of hydrogen-bond acceptors (Lipinski definition) is 7. The molecule has 8 heteroatoms. The van der Waals surface area contributed by atoms with Crippen molar-refractivity contribution in [3.8, 4) is 5.75 Å². The highest BCUT2D eigenvalue weighted by molar-refractivity contribution is 8.26. The minimum absolute atomic E-state index is 0.166. The number of rotatable bonds is 3. The van der Waals surface area contributed by atoms with Gasteiger partial charge in [-0.05, 0) is 23.8 Å². The van der Waals surface area contributed by atoms with Crippen LogP contribution >= 0.6 is 24.0 Å². The van der Waals surface area contributed by atoms with Crippen LogP contribution in [0.1, 0.15) is 12.0 Å². The summed E-state index contributed by atoms with van der Waals surface area (Å²) in [5, 5.41) is 0. The maximum atomic E-state index is 12.5. The van der Waals surface area contributed by atoms with Crippen LogP contribution in [0.25, 0.3) is 6.08 Å². The molecule has 23 heavy (non-hydrogen) atoms. The molecule has 1 aromatic rings. The third-order valence-electron chi connectivity index (χ3n) is 3.40. The lowest BCUT2D eigenvalue weighted by atomic mass is 10.2. The number of carbonyl (C=O) groups excluding carboxylic acids is 3. The molecule has 0 aromatic heterocycles. The van der Waals surface area contributed by atoms with Crippen molar-refractivity contribution in [2.24, 2.45) is 0 Å². The molecule has 6 nitrogen and oxygen atoms in total. The Morgan fingerprint density at radius 2 is 2.00 bits per heavy atom. The normalized spacial score (nSPS) is 22.9. The molecule has 2 heterocycles. The number of ether oxygens (including phenoxy) is 2. The number of amides is 1. The average Bonchev–Trinajstić information content (AvgIpc) is 2.99. The van der Waals surface area contributed by atoms with Gasteiger partial charge in [-0.1, -0.05) is 36.1 Å². The third-order valence-corrected chi connectivity index (χ3v) is 4.73. The lowest BCUT2D eigenvalue weighted by Crippen LogP contribution is -2.41. The first-order valence-corrected chi connectivity index (χ1v) is 7.87. The monoisotopic (exact) mass is 349 g/mol. The van der Waals surface area contributed by atoms with Crippen LogP contribution in [0.3, 0.4) is 0 Å². The van der Waals surface area contributed by atoms with E-state index in [0.717, 1.165) is 22.2 Å². The molecule has 3 rings (SSSR count). The molecule has 118 valence electrons. The van der Waals surface area contributed by atoms with Crippen LogP contribution in [-0.2, 0) is 19.1 Å². The topological polar surface area (TPSA) is 72.9 Å². The van der Waals surface area contributed by atoms with Crippen molar-refractivity contribution in [3.05, 3.63) is 34.7 Å². The summed E-state index contributed by atoms with van der Waals surface area (Å²) in [6.45, 7) is 0. The summed E-state index contributed by atoms with van der Waals surface area (Å²) in [7, 11) is 1.57. The molecule has 1 unspecified atom stereocenters. The maximum Gasteiger partial charge on any atom is 0.337 e. The first-order chi connectivity index (χ1) is 11.0. The lowest BCUT2D eigenvalue weighted by Gasteiger charge is -2.17. The molecule has 1 amide bonds. The van der Waals surface area contributed by atoms with Crippen molar-refractivity contribution in [2.45, 2.75) is 12.5 Å². The van der Waals surface area contributed by atoms with Crippen LogP contribution in [0.5, 0.6) is 5.75 Å². The van der Waals surface area contributed by atoms with Crippen molar-refractivity contribution >= 4 is 52.2 Å². The molecule has 0 spiro atoms. The summed E-state index contributed by atoms with van der Waals surface area (Å²) in [5.74, 6) is -1.07. The van der Waals surface area contributed by atoms with Gasteiger partial charge in [0.05, 0.1) is 18.4 Å². The van der Waals surface area contributed by atoms with E-state index in [1.54, 1.807) is 37.5 Å². The Labute approximate surface area is 141 Å². The highest BCUT2D eigenvalue weighted by Crippen LogP contribution is 2.36. The Morgan fingerprint density at radius 1 is 1.30 bits per heavy atom. The summed E-state index contributed by atoms with van der Waals surface area (Å²) in [6, 6.07) is 6.20. The Balaban J connectivity index is 1.84. The van der Waals surface area contributed by atoms with Gasteiger partial charge in [0.25, 0.3) is 5.91 Å². The third kappa shape index (κ3) is 2.99. The van der Waals surface area contributed by atoms with Gasteiger partial charge in [0.1, 0.15) is 16.1 Å². The molecule has 0 bridgehead atoms. The minimum Gasteiger partial charge on any atom is -0.497 e. The molecule has 1 atom stereocenters. The summed E-state index contributed by atoms with van der Waals surface area (Å²) < 4.78 is 9.81. The van der Waals surface area contributed by atoms with Crippen LogP contribution < -0.4 is 4.74 Å². The van der Waals surface area contributed by atoms with Crippen molar-refractivity contribution in [1.29, 1.82) is 0 Å². The zero-order chi connectivity index (χ0) is 16.6. The SMILES string of the molecule is COc1ccc(/C=C2\SC(=S)N(C3CC(=O)OC3=O)C2=O)cc1. The number of cyclic esters (lactones) is 2. The Morgan fingerprint density at radius 3 is 2.57 bits per heavy atom. The van der Waals surface area contributed by atoms with E-state index in [-0.39, 0.29) is 10.7 Å². The molecular formula is C15H11NO5S2. The van der Waals surface area contributed by atoms with E-state index >= 15 is 0 Å². The molecule has 1 aromatic carbocycles. The Bertz CT molecular complexity index is 741. The number of thioether (sulfide) groups is 1. The van der Waals surface area contributed by atoms with E-state index in [1.807, 2.05) is 0 Å². The van der Waals surface area contributed by atoms with Crippen LogP contribution in [0, 0.1) is 0 Å². The smallest absolute Gasteiger partial charge is 0.337 e. The second kappa shape index (κ2) is 6.13. The minimum atomic E-state index is -0.961. The van der Waals surface area contributed by atoms with Gasteiger partial charge in [-0.15, -0.1) is 0 Å². The predicted molar refractivity (Wildman–Crippen MR) is 87.5 cm³/mol. The average molecular weight is 349 g/mol. The Hall–Kier alpha value is -2.19. The van der Waals surface area contributed by atoms with E-state index in [9.17, 15) is 14.4 Å². The molecular weight excluding hydrogens is 338 g/mol. The second-order valence-electron chi connectivity index (χ2n) is 4.84. The summed E-state index contributed by atoms with van der Waals surface area (Å²) in [4.78, 5) is 36.9. The van der Waals surface area contributed by atoms with E-state index in [4.69, 9.17) is 17.0 Å². The highest BCUT2D eigenvalue weighted by Gasteiger charge is 2.46. The van der Waals surface area contributed by atoms with Crippen molar-refractivity contribution in [1.82, 2.24) is 4.90 Å². The number of esters is 2. The zero-order valence-corrected chi connectivity index (χ0v) is 13.6. The second-order valence-corrected chi connectivity index (χ2v) is 6.51. The van der Waals surface area contributed by atoms with Gasteiger partial charge < -0.3 is 9.47 Å². The standard InChI is InChI=1S/C15H11NO5S2/c1-20-9-4-2-8(3-5-9)6-11-13(18)16(15(22)23-11)10-7-12(17)21-14(10)19/h2-6,10H,7H2,1H3/b11-6-. The summed E-state index contributed by atoms with van der Waals surface area (Å²) >= 11 is 6.26. The molecule has 0 aliphatic carbocycles. The van der Waals surface area contributed by atoms with Gasteiger partial charge in [0, 0.05) is 0 Å². The van der Waals surface area contributed by atoms with E-state index in [1.165, 1.54) is 0 Å². The molecule has 0 N–H and O–H groups in total. The molecule has 2 aliphatic heterocycles. The van der Waals surface area contributed by atoms with E-state index < -0.39 is 23.9 Å². The Kier molecular flexibility index (Phi) is 4.18. The zero-order valence-electron chi connectivity index (χ0n) is 12.0. The molecule has 0 radical (unpaired) electrons.